The number of likely N-dealkylation sites (tertiary alicyclic amines) is 1. The molecule has 20 heavy (non-hydrogen) atoms. The van der Waals surface area contributed by atoms with Crippen LogP contribution in [-0.2, 0) is 4.74 Å². The number of ether oxygens (including phenoxy) is 1. The van der Waals surface area contributed by atoms with Crippen molar-refractivity contribution in [2.75, 3.05) is 18.4 Å². The molecule has 1 N–H and O–H groups in total. The van der Waals surface area contributed by atoms with Gasteiger partial charge in [0.1, 0.15) is 10.6 Å². The maximum atomic E-state index is 12.1. The Balaban J connectivity index is 1.84. The Morgan fingerprint density at radius 1 is 1.45 bits per heavy atom. The standard InChI is InChI=1S/C13H22N4O2S/c1-13(2,3)19-12(18)17-7-4-5-10(6-8-17)15-11-9-14-16-20-11/h9-10,15H,4-8H2,1-3H3. The number of carbonyl (C=O) groups is 1. The van der Waals surface area contributed by atoms with Crippen LogP contribution in [-0.4, -0.2) is 45.3 Å². The van der Waals surface area contributed by atoms with E-state index >= 15 is 0 Å². The fourth-order valence-corrected chi connectivity index (χ4v) is 2.68. The number of hydrogen-bond acceptors (Lipinski definition) is 6. The molecule has 0 aromatic carbocycles. The number of nitrogens with zero attached hydrogens (tertiary/aromatic N) is 3. The van der Waals surface area contributed by atoms with Crippen molar-refractivity contribution in [3.05, 3.63) is 6.20 Å². The second kappa shape index (κ2) is 6.39. The van der Waals surface area contributed by atoms with E-state index in [9.17, 15) is 4.79 Å². The molecule has 112 valence electrons. The van der Waals surface area contributed by atoms with Gasteiger partial charge in [-0.15, -0.1) is 5.10 Å². The van der Waals surface area contributed by atoms with Crippen molar-refractivity contribution >= 4 is 22.6 Å². The number of hydrogen-bond donors (Lipinski definition) is 1. The molecular formula is C13H22N4O2S. The molecule has 0 bridgehead atoms. The summed E-state index contributed by atoms with van der Waals surface area (Å²) in [5, 5.41) is 8.23. The Labute approximate surface area is 123 Å². The summed E-state index contributed by atoms with van der Waals surface area (Å²) in [6.07, 6.45) is 4.45. The zero-order valence-electron chi connectivity index (χ0n) is 12.3. The lowest BCUT2D eigenvalue weighted by Gasteiger charge is -2.26. The summed E-state index contributed by atoms with van der Waals surface area (Å²) in [4.78, 5) is 13.9. The predicted molar refractivity (Wildman–Crippen MR) is 79.0 cm³/mol. The molecule has 1 aliphatic heterocycles. The van der Waals surface area contributed by atoms with Gasteiger partial charge in [-0.25, -0.2) is 4.79 Å². The largest absolute Gasteiger partial charge is 0.444 e. The molecule has 1 amide bonds. The van der Waals surface area contributed by atoms with E-state index in [2.05, 4.69) is 14.9 Å². The normalized spacial score (nSPS) is 20.4. The third-order valence-electron chi connectivity index (χ3n) is 3.09. The van der Waals surface area contributed by atoms with Gasteiger partial charge in [-0.3, -0.25) is 0 Å². The van der Waals surface area contributed by atoms with Gasteiger partial charge in [0.05, 0.1) is 6.20 Å². The van der Waals surface area contributed by atoms with Crippen molar-refractivity contribution in [2.45, 2.75) is 51.7 Å². The molecule has 0 saturated carbocycles. The molecule has 7 heteroatoms. The number of rotatable bonds is 2. The first-order valence-electron chi connectivity index (χ1n) is 6.96. The van der Waals surface area contributed by atoms with Gasteiger partial charge in [-0.2, -0.15) is 0 Å². The minimum Gasteiger partial charge on any atom is -0.444 e. The fourth-order valence-electron chi connectivity index (χ4n) is 2.18. The summed E-state index contributed by atoms with van der Waals surface area (Å²) < 4.78 is 9.26. The van der Waals surface area contributed by atoms with E-state index in [-0.39, 0.29) is 6.09 Å². The highest BCUT2D eigenvalue weighted by Gasteiger charge is 2.25. The Bertz CT molecular complexity index is 430. The minimum atomic E-state index is -0.435. The predicted octanol–water partition coefficient (Wildman–Crippen LogP) is 2.74. The number of carbonyl (C=O) groups excluding carboxylic acids is 1. The molecule has 6 nitrogen and oxygen atoms in total. The molecular weight excluding hydrogens is 276 g/mol. The maximum Gasteiger partial charge on any atom is 0.410 e. The van der Waals surface area contributed by atoms with Crippen LogP contribution in [0.5, 0.6) is 0 Å². The van der Waals surface area contributed by atoms with Crippen LogP contribution in [0.4, 0.5) is 9.80 Å². The molecule has 1 fully saturated rings. The lowest BCUT2D eigenvalue weighted by atomic mass is 10.1. The van der Waals surface area contributed by atoms with Crippen LogP contribution in [0.1, 0.15) is 40.0 Å². The Morgan fingerprint density at radius 3 is 2.90 bits per heavy atom. The molecule has 1 aromatic heterocycles. The topological polar surface area (TPSA) is 67.3 Å². The van der Waals surface area contributed by atoms with Crippen LogP contribution in [0.3, 0.4) is 0 Å². The van der Waals surface area contributed by atoms with Crippen LogP contribution in [0, 0.1) is 0 Å². The molecule has 1 aliphatic rings. The lowest BCUT2D eigenvalue weighted by Crippen LogP contribution is -2.37. The zero-order valence-corrected chi connectivity index (χ0v) is 13.1. The van der Waals surface area contributed by atoms with E-state index < -0.39 is 5.60 Å². The van der Waals surface area contributed by atoms with Crippen molar-refractivity contribution in [1.29, 1.82) is 0 Å². The molecule has 1 aromatic rings. The van der Waals surface area contributed by atoms with Gasteiger partial charge in [-0.05, 0) is 40.0 Å². The summed E-state index contributed by atoms with van der Waals surface area (Å²) in [7, 11) is 0. The van der Waals surface area contributed by atoms with E-state index in [4.69, 9.17) is 4.74 Å². The van der Waals surface area contributed by atoms with Crippen molar-refractivity contribution in [1.82, 2.24) is 14.5 Å². The van der Waals surface area contributed by atoms with Crippen LogP contribution >= 0.6 is 11.5 Å². The Kier molecular flexibility index (Phi) is 4.80. The first kappa shape index (κ1) is 15.0. The van der Waals surface area contributed by atoms with Crippen LogP contribution < -0.4 is 5.32 Å². The highest BCUT2D eigenvalue weighted by atomic mass is 32.1. The van der Waals surface area contributed by atoms with Crippen molar-refractivity contribution in [3.63, 3.8) is 0 Å². The molecule has 1 atom stereocenters. The molecule has 2 heterocycles. The molecule has 0 aliphatic carbocycles. The Morgan fingerprint density at radius 2 is 2.25 bits per heavy atom. The number of aromatic nitrogens is 2. The van der Waals surface area contributed by atoms with E-state index in [1.807, 2.05) is 20.8 Å². The van der Waals surface area contributed by atoms with Crippen molar-refractivity contribution < 1.29 is 9.53 Å². The summed E-state index contributed by atoms with van der Waals surface area (Å²) in [5.41, 5.74) is -0.435. The molecule has 1 saturated heterocycles. The summed E-state index contributed by atoms with van der Waals surface area (Å²) in [6, 6.07) is 0.365. The number of amides is 1. The molecule has 2 rings (SSSR count). The molecule has 0 radical (unpaired) electrons. The van der Waals surface area contributed by atoms with Gasteiger partial charge in [0, 0.05) is 30.7 Å². The zero-order chi connectivity index (χ0) is 14.6. The maximum absolute atomic E-state index is 12.1. The fraction of sp³-hybridized carbons (Fsp3) is 0.769. The van der Waals surface area contributed by atoms with Crippen LogP contribution in [0.25, 0.3) is 0 Å². The minimum absolute atomic E-state index is 0.211. The third kappa shape index (κ3) is 4.63. The van der Waals surface area contributed by atoms with E-state index in [0.717, 1.165) is 37.4 Å². The monoisotopic (exact) mass is 298 g/mol. The van der Waals surface area contributed by atoms with Gasteiger partial charge in [0.2, 0.25) is 0 Å². The smallest absolute Gasteiger partial charge is 0.410 e. The van der Waals surface area contributed by atoms with E-state index in [1.165, 1.54) is 11.5 Å². The third-order valence-corrected chi connectivity index (χ3v) is 3.68. The van der Waals surface area contributed by atoms with E-state index in [0.29, 0.717) is 6.04 Å². The van der Waals surface area contributed by atoms with Gasteiger partial charge in [0.15, 0.2) is 0 Å². The van der Waals surface area contributed by atoms with Gasteiger partial charge in [-0.1, -0.05) is 4.49 Å². The second-order valence-corrected chi connectivity index (χ2v) is 6.81. The SMILES string of the molecule is CC(C)(C)OC(=O)N1CCCC(Nc2cnns2)CC1. The van der Waals surface area contributed by atoms with Crippen LogP contribution in [0.15, 0.2) is 6.20 Å². The van der Waals surface area contributed by atoms with Gasteiger partial charge in [0.25, 0.3) is 0 Å². The first-order valence-corrected chi connectivity index (χ1v) is 7.73. The quantitative estimate of drug-likeness (QED) is 0.909. The highest BCUT2D eigenvalue weighted by molar-refractivity contribution is 7.09. The average molecular weight is 298 g/mol. The molecule has 1 unspecified atom stereocenters. The summed E-state index contributed by atoms with van der Waals surface area (Å²) in [5.74, 6) is 0. The van der Waals surface area contributed by atoms with Gasteiger partial charge >= 0.3 is 6.09 Å². The molecule has 0 spiro atoms. The van der Waals surface area contributed by atoms with E-state index in [1.54, 1.807) is 11.1 Å². The summed E-state index contributed by atoms with van der Waals surface area (Å²) in [6.45, 7) is 7.16. The number of anilines is 1. The lowest BCUT2D eigenvalue weighted by molar-refractivity contribution is 0.0256. The number of nitrogens with one attached hydrogen (secondary N) is 1. The van der Waals surface area contributed by atoms with Crippen LogP contribution in [0.2, 0.25) is 0 Å². The highest BCUT2D eigenvalue weighted by Crippen LogP contribution is 2.19. The second-order valence-electron chi connectivity index (χ2n) is 6.02. The van der Waals surface area contributed by atoms with Gasteiger partial charge < -0.3 is 15.0 Å². The van der Waals surface area contributed by atoms with Crippen molar-refractivity contribution in [2.24, 2.45) is 0 Å². The summed E-state index contributed by atoms with van der Waals surface area (Å²) >= 11 is 1.36. The first-order chi connectivity index (χ1) is 9.44. The average Bonchev–Trinajstić information content (AvgIpc) is 2.72. The Hall–Kier alpha value is -1.37. The van der Waals surface area contributed by atoms with Crippen molar-refractivity contribution in [3.8, 4) is 0 Å².